The van der Waals surface area contributed by atoms with Crippen LogP contribution >= 0.6 is 0 Å². The normalized spacial score (nSPS) is 11.1. The minimum atomic E-state index is -0.272. The summed E-state index contributed by atoms with van der Waals surface area (Å²) in [4.78, 5) is 2.15. The summed E-state index contributed by atoms with van der Waals surface area (Å²) >= 11 is 0. The molecule has 0 saturated heterocycles. The zero-order valence-corrected chi connectivity index (χ0v) is 12.5. The van der Waals surface area contributed by atoms with Gasteiger partial charge in [-0.2, -0.15) is 10.4 Å². The predicted octanol–water partition coefficient (Wildman–Crippen LogP) is 2.84. The van der Waals surface area contributed by atoms with Crippen molar-refractivity contribution in [3.05, 3.63) is 53.1 Å². The highest BCUT2D eigenvalue weighted by Crippen LogP contribution is 2.16. The van der Waals surface area contributed by atoms with Crippen LogP contribution in [0.3, 0.4) is 0 Å². The van der Waals surface area contributed by atoms with Crippen LogP contribution in [0.2, 0.25) is 0 Å². The second-order valence-corrected chi connectivity index (χ2v) is 5.44. The van der Waals surface area contributed by atoms with Crippen molar-refractivity contribution in [3.63, 3.8) is 0 Å². The Labute approximate surface area is 124 Å². The molecule has 0 amide bonds. The summed E-state index contributed by atoms with van der Waals surface area (Å²) < 4.78 is 15.7. The highest BCUT2D eigenvalue weighted by molar-refractivity contribution is 5.33. The summed E-state index contributed by atoms with van der Waals surface area (Å²) in [7, 11) is 1.87. The first-order chi connectivity index (χ1) is 9.99. The van der Waals surface area contributed by atoms with E-state index >= 15 is 0 Å². The van der Waals surface area contributed by atoms with Crippen molar-refractivity contribution in [2.75, 3.05) is 0 Å². The molecular weight excluding hydrogens is 267 g/mol. The number of aryl methyl sites for hydroxylation is 1. The Morgan fingerprint density at radius 3 is 2.71 bits per heavy atom. The molecule has 0 saturated carbocycles. The average molecular weight is 286 g/mol. The van der Waals surface area contributed by atoms with Gasteiger partial charge in [0.25, 0.3) is 0 Å². The molecule has 5 heteroatoms. The van der Waals surface area contributed by atoms with Crippen LogP contribution in [-0.2, 0) is 20.1 Å². The summed E-state index contributed by atoms with van der Waals surface area (Å²) in [6, 6.07) is 6.79. The fourth-order valence-electron chi connectivity index (χ4n) is 2.19. The van der Waals surface area contributed by atoms with Gasteiger partial charge < -0.3 is 0 Å². The summed E-state index contributed by atoms with van der Waals surface area (Å²) in [6.45, 7) is 5.31. The van der Waals surface area contributed by atoms with Gasteiger partial charge in [0, 0.05) is 43.5 Å². The molecule has 0 aliphatic heterocycles. The van der Waals surface area contributed by atoms with Gasteiger partial charge in [-0.25, -0.2) is 4.39 Å². The number of halogens is 1. The summed E-state index contributed by atoms with van der Waals surface area (Å²) in [6.07, 6.45) is 3.77. The first-order valence-electron chi connectivity index (χ1n) is 6.89. The predicted molar refractivity (Wildman–Crippen MR) is 78.7 cm³/mol. The van der Waals surface area contributed by atoms with Crippen molar-refractivity contribution >= 4 is 0 Å². The van der Waals surface area contributed by atoms with E-state index in [2.05, 4.69) is 29.9 Å². The molecule has 0 fully saturated rings. The molecule has 0 spiro atoms. The molecule has 0 unspecified atom stereocenters. The van der Waals surface area contributed by atoms with E-state index in [9.17, 15) is 4.39 Å². The molecule has 0 bridgehead atoms. The van der Waals surface area contributed by atoms with Crippen molar-refractivity contribution in [2.45, 2.75) is 33.0 Å². The molecule has 0 aliphatic carbocycles. The first kappa shape index (κ1) is 15.2. The third-order valence-corrected chi connectivity index (χ3v) is 3.42. The van der Waals surface area contributed by atoms with Crippen LogP contribution in [0.4, 0.5) is 4.39 Å². The molecular formula is C16H19FN4. The Balaban J connectivity index is 2.18. The first-order valence-corrected chi connectivity index (χ1v) is 6.89. The van der Waals surface area contributed by atoms with E-state index in [0.29, 0.717) is 24.2 Å². The zero-order chi connectivity index (χ0) is 15.4. The number of nitrogens with zero attached hydrogens (tertiary/aromatic N) is 4. The Kier molecular flexibility index (Phi) is 4.71. The van der Waals surface area contributed by atoms with Crippen molar-refractivity contribution in [2.24, 2.45) is 7.05 Å². The molecule has 0 aliphatic rings. The van der Waals surface area contributed by atoms with Crippen LogP contribution in [0.1, 0.15) is 30.5 Å². The maximum absolute atomic E-state index is 13.9. The largest absolute Gasteiger partial charge is 0.292 e. The van der Waals surface area contributed by atoms with Crippen molar-refractivity contribution in [3.8, 4) is 6.07 Å². The van der Waals surface area contributed by atoms with Crippen molar-refractivity contribution in [1.82, 2.24) is 14.7 Å². The highest BCUT2D eigenvalue weighted by atomic mass is 19.1. The quantitative estimate of drug-likeness (QED) is 0.849. The summed E-state index contributed by atoms with van der Waals surface area (Å²) in [5, 5.41) is 13.1. The second kappa shape index (κ2) is 6.51. The van der Waals surface area contributed by atoms with Crippen LogP contribution in [0.25, 0.3) is 0 Å². The molecule has 21 heavy (non-hydrogen) atoms. The minimum absolute atomic E-state index is 0.260. The molecule has 2 aromatic rings. The molecule has 1 aromatic carbocycles. The third-order valence-electron chi connectivity index (χ3n) is 3.42. The van der Waals surface area contributed by atoms with Gasteiger partial charge in [0.2, 0.25) is 0 Å². The van der Waals surface area contributed by atoms with Gasteiger partial charge in [0.1, 0.15) is 5.82 Å². The standard InChI is InChI=1S/C16H19FN4/c1-12(2)21(10-14-8-19-20(3)9-14)11-15-6-13(7-18)4-5-16(15)17/h4-6,8-9,12H,10-11H2,1-3H3. The topological polar surface area (TPSA) is 44.9 Å². The Morgan fingerprint density at radius 1 is 1.38 bits per heavy atom. The number of hydrogen-bond acceptors (Lipinski definition) is 3. The fraction of sp³-hybridized carbons (Fsp3) is 0.375. The fourth-order valence-corrected chi connectivity index (χ4v) is 2.19. The number of hydrogen-bond donors (Lipinski definition) is 0. The molecule has 0 radical (unpaired) electrons. The second-order valence-electron chi connectivity index (χ2n) is 5.44. The Hall–Kier alpha value is -2.19. The van der Waals surface area contributed by atoms with Crippen LogP contribution < -0.4 is 0 Å². The molecule has 0 N–H and O–H groups in total. The third kappa shape index (κ3) is 3.89. The molecule has 1 aromatic heterocycles. The minimum Gasteiger partial charge on any atom is -0.292 e. The van der Waals surface area contributed by atoms with E-state index in [0.717, 1.165) is 5.56 Å². The number of aromatic nitrogens is 2. The maximum Gasteiger partial charge on any atom is 0.127 e. The Morgan fingerprint density at radius 2 is 2.14 bits per heavy atom. The molecule has 2 rings (SSSR count). The number of rotatable bonds is 5. The van der Waals surface area contributed by atoms with Crippen molar-refractivity contribution < 1.29 is 4.39 Å². The lowest BCUT2D eigenvalue weighted by Crippen LogP contribution is -2.30. The average Bonchev–Trinajstić information content (AvgIpc) is 2.85. The lowest BCUT2D eigenvalue weighted by Gasteiger charge is -2.26. The molecule has 4 nitrogen and oxygen atoms in total. The summed E-state index contributed by atoms with van der Waals surface area (Å²) in [5.41, 5.74) is 2.12. The molecule has 0 atom stereocenters. The van der Waals surface area contributed by atoms with Crippen LogP contribution in [0.15, 0.2) is 30.6 Å². The van der Waals surface area contributed by atoms with Gasteiger partial charge in [-0.3, -0.25) is 9.58 Å². The van der Waals surface area contributed by atoms with Crippen molar-refractivity contribution in [1.29, 1.82) is 5.26 Å². The van der Waals surface area contributed by atoms with Gasteiger partial charge in [0.05, 0.1) is 17.8 Å². The van der Waals surface area contributed by atoms with E-state index in [-0.39, 0.29) is 11.9 Å². The van der Waals surface area contributed by atoms with E-state index in [4.69, 9.17) is 5.26 Å². The van der Waals surface area contributed by atoms with Crippen LogP contribution in [0.5, 0.6) is 0 Å². The van der Waals surface area contributed by atoms with Crippen LogP contribution in [0, 0.1) is 17.1 Å². The van der Waals surface area contributed by atoms with E-state index in [1.165, 1.54) is 12.1 Å². The summed E-state index contributed by atoms with van der Waals surface area (Å²) in [5.74, 6) is -0.272. The Bertz CT molecular complexity index is 655. The smallest absolute Gasteiger partial charge is 0.127 e. The SMILES string of the molecule is CC(C)N(Cc1cnn(C)c1)Cc1cc(C#N)ccc1F. The number of benzene rings is 1. The van der Waals surface area contributed by atoms with E-state index < -0.39 is 0 Å². The zero-order valence-electron chi connectivity index (χ0n) is 12.5. The van der Waals surface area contributed by atoms with Gasteiger partial charge in [-0.15, -0.1) is 0 Å². The van der Waals surface area contributed by atoms with Crippen LogP contribution in [-0.4, -0.2) is 20.7 Å². The monoisotopic (exact) mass is 286 g/mol. The van der Waals surface area contributed by atoms with Gasteiger partial charge in [0.15, 0.2) is 0 Å². The van der Waals surface area contributed by atoms with E-state index in [1.807, 2.05) is 19.4 Å². The van der Waals surface area contributed by atoms with Gasteiger partial charge in [-0.1, -0.05) is 0 Å². The molecule has 1 heterocycles. The number of nitriles is 1. The van der Waals surface area contributed by atoms with E-state index in [1.54, 1.807) is 10.7 Å². The van der Waals surface area contributed by atoms with Gasteiger partial charge in [-0.05, 0) is 32.0 Å². The highest BCUT2D eigenvalue weighted by Gasteiger charge is 2.14. The lowest BCUT2D eigenvalue weighted by molar-refractivity contribution is 0.201. The van der Waals surface area contributed by atoms with Gasteiger partial charge >= 0.3 is 0 Å². The maximum atomic E-state index is 13.9. The molecule has 110 valence electrons. The lowest BCUT2D eigenvalue weighted by atomic mass is 10.1.